The van der Waals surface area contributed by atoms with Crippen LogP contribution in [0.3, 0.4) is 0 Å². The molecule has 0 saturated carbocycles. The second-order valence-electron chi connectivity index (χ2n) is 5.68. The van der Waals surface area contributed by atoms with Gasteiger partial charge >= 0.3 is 6.18 Å². The highest BCUT2D eigenvalue weighted by molar-refractivity contribution is 5.33. The summed E-state index contributed by atoms with van der Waals surface area (Å²) in [5.74, 6) is 1.42. The highest BCUT2D eigenvalue weighted by Crippen LogP contribution is 2.34. The van der Waals surface area contributed by atoms with Crippen LogP contribution in [-0.2, 0) is 6.18 Å². The standard InChI is InChI=1S/C16H17F3N4O/c1-10-21-9-13(11-4-6-20-7-5-11)15(23-10)24-12-2-3-14(22-8-12)16(17,18)19/h2-3,8-9,11,20H,4-7H2,1H3. The Morgan fingerprint density at radius 3 is 2.50 bits per heavy atom. The lowest BCUT2D eigenvalue weighted by atomic mass is 9.92. The fraction of sp³-hybridized carbons (Fsp3) is 0.438. The van der Waals surface area contributed by atoms with Gasteiger partial charge in [0.15, 0.2) is 0 Å². The van der Waals surface area contributed by atoms with E-state index in [1.165, 1.54) is 6.07 Å². The first kappa shape index (κ1) is 16.6. The lowest BCUT2D eigenvalue weighted by molar-refractivity contribution is -0.141. The van der Waals surface area contributed by atoms with Gasteiger partial charge in [-0.3, -0.25) is 0 Å². The van der Waals surface area contributed by atoms with E-state index in [-0.39, 0.29) is 11.7 Å². The third kappa shape index (κ3) is 3.81. The molecule has 2 aromatic rings. The number of alkyl halides is 3. The summed E-state index contributed by atoms with van der Waals surface area (Å²) >= 11 is 0. The Hall–Kier alpha value is -2.22. The van der Waals surface area contributed by atoms with E-state index in [9.17, 15) is 13.2 Å². The van der Waals surface area contributed by atoms with Crippen LogP contribution in [0.25, 0.3) is 0 Å². The zero-order chi connectivity index (χ0) is 17.2. The van der Waals surface area contributed by atoms with Gasteiger partial charge in [0.2, 0.25) is 5.88 Å². The van der Waals surface area contributed by atoms with Crippen molar-refractivity contribution in [3.8, 4) is 11.6 Å². The van der Waals surface area contributed by atoms with Gasteiger partial charge in [-0.1, -0.05) is 0 Å². The summed E-state index contributed by atoms with van der Waals surface area (Å²) < 4.78 is 43.4. The normalized spacial score (nSPS) is 16.2. The molecule has 3 rings (SSSR count). The summed E-state index contributed by atoms with van der Waals surface area (Å²) in [6.07, 6.45) is 0.212. The molecule has 2 aromatic heterocycles. The van der Waals surface area contributed by atoms with E-state index < -0.39 is 11.9 Å². The third-order valence-corrected chi connectivity index (χ3v) is 3.92. The Balaban J connectivity index is 1.85. The van der Waals surface area contributed by atoms with E-state index in [2.05, 4.69) is 20.3 Å². The summed E-state index contributed by atoms with van der Waals surface area (Å²) in [7, 11) is 0. The van der Waals surface area contributed by atoms with Gasteiger partial charge in [-0.25, -0.2) is 9.97 Å². The van der Waals surface area contributed by atoms with Crippen molar-refractivity contribution in [2.45, 2.75) is 31.9 Å². The number of aryl methyl sites for hydroxylation is 1. The largest absolute Gasteiger partial charge is 0.437 e. The van der Waals surface area contributed by atoms with E-state index in [0.717, 1.165) is 43.8 Å². The maximum Gasteiger partial charge on any atom is 0.433 e. The zero-order valence-electron chi connectivity index (χ0n) is 13.1. The maximum absolute atomic E-state index is 12.6. The molecule has 1 aliphatic heterocycles. The molecule has 1 saturated heterocycles. The van der Waals surface area contributed by atoms with Crippen LogP contribution in [0, 0.1) is 6.92 Å². The molecule has 1 N–H and O–H groups in total. The van der Waals surface area contributed by atoms with Crippen LogP contribution in [0.5, 0.6) is 11.6 Å². The summed E-state index contributed by atoms with van der Waals surface area (Å²) in [6.45, 7) is 3.55. The Morgan fingerprint density at radius 2 is 1.88 bits per heavy atom. The van der Waals surface area contributed by atoms with Gasteiger partial charge < -0.3 is 10.1 Å². The van der Waals surface area contributed by atoms with Crippen molar-refractivity contribution in [1.82, 2.24) is 20.3 Å². The topological polar surface area (TPSA) is 59.9 Å². The van der Waals surface area contributed by atoms with E-state index in [0.29, 0.717) is 11.7 Å². The fourth-order valence-corrected chi connectivity index (χ4v) is 2.67. The lowest BCUT2D eigenvalue weighted by Crippen LogP contribution is -2.27. The molecular formula is C16H17F3N4O. The number of nitrogens with one attached hydrogen (secondary N) is 1. The Morgan fingerprint density at radius 1 is 1.12 bits per heavy atom. The molecular weight excluding hydrogens is 321 g/mol. The number of hydrogen-bond donors (Lipinski definition) is 1. The van der Waals surface area contributed by atoms with Crippen LogP contribution in [0.4, 0.5) is 13.2 Å². The first-order valence-corrected chi connectivity index (χ1v) is 7.69. The minimum atomic E-state index is -4.47. The Labute approximate surface area is 137 Å². The number of ether oxygens (including phenoxy) is 1. The molecule has 0 bridgehead atoms. The maximum atomic E-state index is 12.6. The molecule has 3 heterocycles. The zero-order valence-corrected chi connectivity index (χ0v) is 13.1. The molecule has 0 atom stereocenters. The fourth-order valence-electron chi connectivity index (χ4n) is 2.67. The van der Waals surface area contributed by atoms with Crippen molar-refractivity contribution in [3.63, 3.8) is 0 Å². The van der Waals surface area contributed by atoms with Crippen LogP contribution in [0.2, 0.25) is 0 Å². The first-order chi connectivity index (χ1) is 11.4. The highest BCUT2D eigenvalue weighted by atomic mass is 19.4. The van der Waals surface area contributed by atoms with Gasteiger partial charge in [-0.05, 0) is 50.9 Å². The highest BCUT2D eigenvalue weighted by Gasteiger charge is 2.32. The number of piperidine rings is 1. The number of nitrogens with zero attached hydrogens (tertiary/aromatic N) is 3. The summed E-state index contributed by atoms with van der Waals surface area (Å²) in [4.78, 5) is 11.9. The number of halogens is 3. The number of aromatic nitrogens is 3. The average molecular weight is 338 g/mol. The van der Waals surface area contributed by atoms with Crippen LogP contribution in [0.1, 0.15) is 35.8 Å². The number of hydrogen-bond acceptors (Lipinski definition) is 5. The summed E-state index contributed by atoms with van der Waals surface area (Å²) in [6, 6.07) is 2.15. The SMILES string of the molecule is Cc1ncc(C2CCNCC2)c(Oc2ccc(C(F)(F)F)nc2)n1. The van der Waals surface area contributed by atoms with Crippen molar-refractivity contribution in [3.05, 3.63) is 41.6 Å². The van der Waals surface area contributed by atoms with Crippen LogP contribution >= 0.6 is 0 Å². The summed E-state index contributed by atoms with van der Waals surface area (Å²) in [5.41, 5.74) is -0.0747. The van der Waals surface area contributed by atoms with Crippen molar-refractivity contribution < 1.29 is 17.9 Å². The molecule has 5 nitrogen and oxygen atoms in total. The van der Waals surface area contributed by atoms with Gasteiger partial charge in [-0.15, -0.1) is 0 Å². The van der Waals surface area contributed by atoms with E-state index in [1.807, 2.05) is 0 Å². The molecule has 1 fully saturated rings. The molecule has 8 heteroatoms. The predicted molar refractivity (Wildman–Crippen MR) is 80.9 cm³/mol. The second-order valence-corrected chi connectivity index (χ2v) is 5.68. The van der Waals surface area contributed by atoms with Gasteiger partial charge in [-0.2, -0.15) is 18.2 Å². The molecule has 24 heavy (non-hydrogen) atoms. The smallest absolute Gasteiger partial charge is 0.433 e. The lowest BCUT2D eigenvalue weighted by Gasteiger charge is -2.24. The van der Waals surface area contributed by atoms with Crippen molar-refractivity contribution >= 4 is 0 Å². The Kier molecular flexibility index (Phi) is 4.66. The van der Waals surface area contributed by atoms with Crippen molar-refractivity contribution in [2.75, 3.05) is 13.1 Å². The average Bonchev–Trinajstić information content (AvgIpc) is 2.55. The minimum Gasteiger partial charge on any atom is -0.437 e. The molecule has 0 radical (unpaired) electrons. The van der Waals surface area contributed by atoms with E-state index >= 15 is 0 Å². The molecule has 0 aliphatic carbocycles. The van der Waals surface area contributed by atoms with Crippen molar-refractivity contribution in [2.24, 2.45) is 0 Å². The molecule has 0 unspecified atom stereocenters. The van der Waals surface area contributed by atoms with Gasteiger partial charge in [0.1, 0.15) is 17.3 Å². The van der Waals surface area contributed by atoms with E-state index in [1.54, 1.807) is 13.1 Å². The first-order valence-electron chi connectivity index (χ1n) is 7.69. The molecule has 1 aliphatic rings. The Bertz CT molecular complexity index is 697. The van der Waals surface area contributed by atoms with Crippen LogP contribution in [0.15, 0.2) is 24.5 Å². The quantitative estimate of drug-likeness (QED) is 0.929. The summed E-state index contributed by atoms with van der Waals surface area (Å²) in [5, 5.41) is 3.29. The van der Waals surface area contributed by atoms with E-state index in [4.69, 9.17) is 4.74 Å². The van der Waals surface area contributed by atoms with Crippen LogP contribution < -0.4 is 10.1 Å². The van der Waals surface area contributed by atoms with Gasteiger partial charge in [0, 0.05) is 11.8 Å². The third-order valence-electron chi connectivity index (χ3n) is 3.92. The predicted octanol–water partition coefficient (Wildman–Crippen LogP) is 3.46. The van der Waals surface area contributed by atoms with Crippen molar-refractivity contribution in [1.29, 1.82) is 0 Å². The number of pyridine rings is 1. The minimum absolute atomic E-state index is 0.219. The second kappa shape index (κ2) is 6.72. The van der Waals surface area contributed by atoms with Gasteiger partial charge in [0.25, 0.3) is 0 Å². The molecule has 0 spiro atoms. The van der Waals surface area contributed by atoms with Gasteiger partial charge in [0.05, 0.1) is 6.20 Å². The number of rotatable bonds is 3. The molecule has 128 valence electrons. The molecule has 0 amide bonds. The molecule has 0 aromatic carbocycles. The van der Waals surface area contributed by atoms with Crippen LogP contribution in [-0.4, -0.2) is 28.0 Å². The monoisotopic (exact) mass is 338 g/mol.